The van der Waals surface area contributed by atoms with E-state index in [0.29, 0.717) is 6.54 Å². The van der Waals surface area contributed by atoms with E-state index in [9.17, 15) is 5.11 Å². The molecule has 0 aromatic carbocycles. The molecule has 2 nitrogen and oxygen atoms in total. The van der Waals surface area contributed by atoms with Gasteiger partial charge >= 0.3 is 0 Å². The number of aliphatic hydroxyl groups excluding tert-OH is 1. The quantitative estimate of drug-likeness (QED) is 0.796. The molecule has 2 saturated carbocycles. The summed E-state index contributed by atoms with van der Waals surface area (Å²) in [5, 5.41) is 10.8. The average Bonchev–Trinajstić information content (AvgIpc) is 2.48. The van der Waals surface area contributed by atoms with Crippen molar-refractivity contribution < 1.29 is 5.11 Å². The summed E-state index contributed by atoms with van der Waals surface area (Å²) in [4.78, 5) is 0. The van der Waals surface area contributed by atoms with Gasteiger partial charge in [-0.25, -0.2) is 0 Å². The lowest BCUT2D eigenvalue weighted by molar-refractivity contribution is -0.0290. The van der Waals surface area contributed by atoms with Crippen molar-refractivity contribution in [3.8, 4) is 0 Å². The van der Waals surface area contributed by atoms with Crippen LogP contribution in [0.3, 0.4) is 0 Å². The van der Waals surface area contributed by atoms with E-state index in [4.69, 9.17) is 5.73 Å². The standard InChI is InChI=1S/C18H35NO/c1-14(2)16-8-10-18(13-19,11-9-16)17(20)12-15-6-4-3-5-7-15/h14-17,20H,3-13,19H2,1-2H3. The fourth-order valence-electron chi connectivity index (χ4n) is 4.54. The van der Waals surface area contributed by atoms with Crippen molar-refractivity contribution in [1.29, 1.82) is 0 Å². The van der Waals surface area contributed by atoms with E-state index in [2.05, 4.69) is 13.8 Å². The first kappa shape index (κ1) is 16.3. The number of rotatable bonds is 5. The van der Waals surface area contributed by atoms with Crippen LogP contribution in [0.4, 0.5) is 0 Å². The normalized spacial score (nSPS) is 34.4. The molecule has 2 aliphatic carbocycles. The number of nitrogens with two attached hydrogens (primary N) is 1. The number of aliphatic hydroxyl groups is 1. The van der Waals surface area contributed by atoms with Crippen LogP contribution in [0.2, 0.25) is 0 Å². The second-order valence-electron chi connectivity index (χ2n) is 7.90. The molecular weight excluding hydrogens is 246 g/mol. The third-order valence-electron chi connectivity index (χ3n) is 6.36. The first-order chi connectivity index (χ1) is 9.57. The van der Waals surface area contributed by atoms with Crippen LogP contribution in [0, 0.1) is 23.2 Å². The van der Waals surface area contributed by atoms with E-state index in [1.807, 2.05) is 0 Å². The van der Waals surface area contributed by atoms with Crippen molar-refractivity contribution in [1.82, 2.24) is 0 Å². The van der Waals surface area contributed by atoms with Gasteiger partial charge in [-0.1, -0.05) is 46.0 Å². The molecule has 0 spiro atoms. The molecule has 1 unspecified atom stereocenters. The third-order valence-corrected chi connectivity index (χ3v) is 6.36. The van der Waals surface area contributed by atoms with Crippen LogP contribution in [0.5, 0.6) is 0 Å². The van der Waals surface area contributed by atoms with E-state index in [0.717, 1.165) is 37.0 Å². The Labute approximate surface area is 125 Å². The van der Waals surface area contributed by atoms with Crippen molar-refractivity contribution >= 4 is 0 Å². The van der Waals surface area contributed by atoms with E-state index in [-0.39, 0.29) is 11.5 Å². The molecule has 0 bridgehead atoms. The lowest BCUT2D eigenvalue weighted by Gasteiger charge is -2.45. The number of hydrogen-bond donors (Lipinski definition) is 2. The minimum absolute atomic E-state index is 0.0306. The van der Waals surface area contributed by atoms with Crippen molar-refractivity contribution in [2.45, 2.75) is 84.2 Å². The molecule has 0 radical (unpaired) electrons. The number of hydrogen-bond acceptors (Lipinski definition) is 2. The van der Waals surface area contributed by atoms with E-state index in [1.165, 1.54) is 44.9 Å². The third kappa shape index (κ3) is 3.76. The molecule has 20 heavy (non-hydrogen) atoms. The Bertz CT molecular complexity index is 275. The zero-order valence-corrected chi connectivity index (χ0v) is 13.6. The zero-order valence-electron chi connectivity index (χ0n) is 13.6. The van der Waals surface area contributed by atoms with Gasteiger partial charge in [0, 0.05) is 12.0 Å². The molecule has 0 saturated heterocycles. The minimum Gasteiger partial charge on any atom is -0.392 e. The van der Waals surface area contributed by atoms with Crippen molar-refractivity contribution in [3.63, 3.8) is 0 Å². The van der Waals surface area contributed by atoms with Gasteiger partial charge in [0.05, 0.1) is 6.10 Å². The molecule has 1 atom stereocenters. The summed E-state index contributed by atoms with van der Waals surface area (Å²) in [5.74, 6) is 2.38. The SMILES string of the molecule is CC(C)C1CCC(CN)(C(O)CC2CCCCC2)CC1. The fraction of sp³-hybridized carbons (Fsp3) is 1.00. The van der Waals surface area contributed by atoms with E-state index < -0.39 is 0 Å². The van der Waals surface area contributed by atoms with Gasteiger partial charge in [-0.15, -0.1) is 0 Å². The molecular formula is C18H35NO. The maximum Gasteiger partial charge on any atom is 0.0611 e. The maximum atomic E-state index is 10.8. The Balaban J connectivity index is 1.89. The summed E-state index contributed by atoms with van der Waals surface area (Å²) < 4.78 is 0. The largest absolute Gasteiger partial charge is 0.392 e. The summed E-state index contributed by atoms with van der Waals surface area (Å²) in [6, 6.07) is 0. The van der Waals surface area contributed by atoms with Crippen molar-refractivity contribution in [2.24, 2.45) is 28.9 Å². The van der Waals surface area contributed by atoms with Gasteiger partial charge in [0.15, 0.2) is 0 Å². The highest BCUT2D eigenvalue weighted by atomic mass is 16.3. The van der Waals surface area contributed by atoms with Gasteiger partial charge in [0.25, 0.3) is 0 Å². The van der Waals surface area contributed by atoms with Crippen molar-refractivity contribution in [3.05, 3.63) is 0 Å². The van der Waals surface area contributed by atoms with Gasteiger partial charge in [-0.05, 0) is 49.9 Å². The molecule has 2 aliphatic rings. The first-order valence-electron chi connectivity index (χ1n) is 8.95. The summed E-state index contributed by atoms with van der Waals surface area (Å²) in [6.45, 7) is 5.34. The first-order valence-corrected chi connectivity index (χ1v) is 8.95. The van der Waals surface area contributed by atoms with Crippen LogP contribution in [0.15, 0.2) is 0 Å². The molecule has 3 N–H and O–H groups in total. The second kappa shape index (κ2) is 7.26. The highest BCUT2D eigenvalue weighted by molar-refractivity contribution is 4.93. The van der Waals surface area contributed by atoms with Crippen LogP contribution >= 0.6 is 0 Å². The van der Waals surface area contributed by atoms with Crippen LogP contribution in [-0.2, 0) is 0 Å². The van der Waals surface area contributed by atoms with E-state index in [1.54, 1.807) is 0 Å². The highest BCUT2D eigenvalue weighted by Gasteiger charge is 2.41. The second-order valence-corrected chi connectivity index (χ2v) is 7.90. The van der Waals surface area contributed by atoms with Gasteiger partial charge < -0.3 is 10.8 Å². The molecule has 0 heterocycles. The van der Waals surface area contributed by atoms with Crippen LogP contribution in [0.1, 0.15) is 78.1 Å². The van der Waals surface area contributed by atoms with Crippen LogP contribution < -0.4 is 5.73 Å². The molecule has 0 aromatic heterocycles. The van der Waals surface area contributed by atoms with Gasteiger partial charge in [-0.2, -0.15) is 0 Å². The van der Waals surface area contributed by atoms with E-state index >= 15 is 0 Å². The predicted molar refractivity (Wildman–Crippen MR) is 85.5 cm³/mol. The Morgan fingerprint density at radius 2 is 1.65 bits per heavy atom. The van der Waals surface area contributed by atoms with Gasteiger partial charge in [0.1, 0.15) is 0 Å². The van der Waals surface area contributed by atoms with Crippen LogP contribution in [0.25, 0.3) is 0 Å². The zero-order chi connectivity index (χ0) is 14.6. The average molecular weight is 281 g/mol. The lowest BCUT2D eigenvalue weighted by Crippen LogP contribution is -2.46. The van der Waals surface area contributed by atoms with Gasteiger partial charge in [0.2, 0.25) is 0 Å². The minimum atomic E-state index is -0.163. The smallest absolute Gasteiger partial charge is 0.0611 e. The molecule has 2 rings (SSSR count). The Kier molecular flexibility index (Phi) is 5.92. The molecule has 118 valence electrons. The highest BCUT2D eigenvalue weighted by Crippen LogP contribution is 2.45. The topological polar surface area (TPSA) is 46.2 Å². The lowest BCUT2D eigenvalue weighted by atomic mass is 9.63. The summed E-state index contributed by atoms with van der Waals surface area (Å²) in [7, 11) is 0. The molecule has 2 fully saturated rings. The Morgan fingerprint density at radius 3 is 2.15 bits per heavy atom. The Hall–Kier alpha value is -0.0800. The Morgan fingerprint density at radius 1 is 1.05 bits per heavy atom. The maximum absolute atomic E-state index is 10.8. The molecule has 0 aliphatic heterocycles. The van der Waals surface area contributed by atoms with Gasteiger partial charge in [-0.3, -0.25) is 0 Å². The summed E-state index contributed by atoms with van der Waals surface area (Å²) in [5.41, 5.74) is 6.14. The fourth-order valence-corrected chi connectivity index (χ4v) is 4.54. The predicted octanol–water partition coefficient (Wildman–Crippen LogP) is 4.11. The summed E-state index contributed by atoms with van der Waals surface area (Å²) in [6.07, 6.45) is 12.4. The van der Waals surface area contributed by atoms with Crippen molar-refractivity contribution in [2.75, 3.05) is 6.54 Å². The van der Waals surface area contributed by atoms with Crippen LogP contribution in [-0.4, -0.2) is 17.8 Å². The molecule has 2 heteroatoms. The molecule has 0 aromatic rings. The summed E-state index contributed by atoms with van der Waals surface area (Å²) >= 11 is 0. The monoisotopic (exact) mass is 281 g/mol. The molecule has 0 amide bonds.